The minimum atomic E-state index is -0.338. The van der Waals surface area contributed by atoms with Crippen molar-refractivity contribution in [1.82, 2.24) is 9.88 Å². The van der Waals surface area contributed by atoms with Crippen molar-refractivity contribution < 1.29 is 9.59 Å². The van der Waals surface area contributed by atoms with Crippen molar-refractivity contribution in [3.63, 3.8) is 0 Å². The van der Waals surface area contributed by atoms with E-state index < -0.39 is 0 Å². The van der Waals surface area contributed by atoms with Crippen LogP contribution in [0.25, 0.3) is 0 Å². The highest BCUT2D eigenvalue weighted by Crippen LogP contribution is 2.15. The Kier molecular flexibility index (Phi) is 6.17. The molecule has 0 bridgehead atoms. The molecule has 0 fully saturated rings. The largest absolute Gasteiger partial charge is 0.333 e. The molecule has 2 amide bonds. The third-order valence-corrected chi connectivity index (χ3v) is 4.48. The van der Waals surface area contributed by atoms with Crippen LogP contribution in [-0.4, -0.2) is 28.2 Å². The topological polar surface area (TPSA) is 62.3 Å². The van der Waals surface area contributed by atoms with Crippen LogP contribution < -0.4 is 5.32 Å². The molecule has 1 heterocycles. The summed E-state index contributed by atoms with van der Waals surface area (Å²) in [6.45, 7) is 4.90. The molecule has 0 saturated carbocycles. The van der Waals surface area contributed by atoms with Gasteiger partial charge in [0, 0.05) is 18.8 Å². The monoisotopic (exact) mass is 373 g/mol. The van der Waals surface area contributed by atoms with E-state index in [1.165, 1.54) is 0 Å². The second-order valence-electron chi connectivity index (χ2n) is 6.48. The van der Waals surface area contributed by atoms with Gasteiger partial charge in [-0.1, -0.05) is 54.6 Å². The van der Waals surface area contributed by atoms with Crippen molar-refractivity contribution in [2.45, 2.75) is 20.4 Å². The SMILES string of the molecule is CCN(Cc1ccccc1)C(=O)c1cccc(C(=O)Nc2ccccc2C)n1. The van der Waals surface area contributed by atoms with Gasteiger partial charge in [-0.05, 0) is 43.2 Å². The van der Waals surface area contributed by atoms with Crippen molar-refractivity contribution >= 4 is 17.5 Å². The Balaban J connectivity index is 1.77. The third-order valence-electron chi connectivity index (χ3n) is 4.48. The summed E-state index contributed by atoms with van der Waals surface area (Å²) in [5.41, 5.74) is 3.21. The first kappa shape index (κ1) is 19.3. The van der Waals surface area contributed by atoms with E-state index in [2.05, 4.69) is 10.3 Å². The zero-order valence-electron chi connectivity index (χ0n) is 16.1. The average molecular weight is 373 g/mol. The molecule has 5 heteroatoms. The summed E-state index contributed by atoms with van der Waals surface area (Å²) in [7, 11) is 0. The molecular weight excluding hydrogens is 350 g/mol. The fraction of sp³-hybridized carbons (Fsp3) is 0.174. The Morgan fingerprint density at radius 1 is 0.893 bits per heavy atom. The number of aromatic nitrogens is 1. The van der Waals surface area contributed by atoms with E-state index in [0.29, 0.717) is 13.1 Å². The lowest BCUT2D eigenvalue weighted by Gasteiger charge is -2.20. The van der Waals surface area contributed by atoms with Gasteiger partial charge in [-0.3, -0.25) is 9.59 Å². The van der Waals surface area contributed by atoms with Gasteiger partial charge in [-0.15, -0.1) is 0 Å². The summed E-state index contributed by atoms with van der Waals surface area (Å²) in [6.07, 6.45) is 0. The number of rotatable bonds is 6. The molecule has 0 aliphatic rings. The van der Waals surface area contributed by atoms with E-state index in [4.69, 9.17) is 0 Å². The maximum Gasteiger partial charge on any atom is 0.274 e. The van der Waals surface area contributed by atoms with Crippen molar-refractivity contribution in [2.75, 3.05) is 11.9 Å². The van der Waals surface area contributed by atoms with Gasteiger partial charge in [-0.25, -0.2) is 4.98 Å². The molecule has 0 aliphatic heterocycles. The second kappa shape index (κ2) is 8.95. The summed E-state index contributed by atoms with van der Waals surface area (Å²) in [5, 5.41) is 2.85. The van der Waals surface area contributed by atoms with Crippen LogP contribution in [0.15, 0.2) is 72.8 Å². The first-order valence-electron chi connectivity index (χ1n) is 9.25. The highest BCUT2D eigenvalue weighted by Gasteiger charge is 2.18. The fourth-order valence-electron chi connectivity index (χ4n) is 2.87. The Morgan fingerprint density at radius 3 is 2.29 bits per heavy atom. The van der Waals surface area contributed by atoms with Gasteiger partial charge in [0.2, 0.25) is 0 Å². The molecule has 1 N–H and O–H groups in total. The van der Waals surface area contributed by atoms with E-state index in [-0.39, 0.29) is 23.2 Å². The molecule has 0 atom stereocenters. The molecule has 5 nitrogen and oxygen atoms in total. The lowest BCUT2D eigenvalue weighted by atomic mass is 10.2. The first-order chi connectivity index (χ1) is 13.6. The minimum absolute atomic E-state index is 0.197. The zero-order chi connectivity index (χ0) is 19.9. The highest BCUT2D eigenvalue weighted by atomic mass is 16.2. The van der Waals surface area contributed by atoms with Crippen LogP contribution in [0.4, 0.5) is 5.69 Å². The molecule has 2 aromatic carbocycles. The number of anilines is 1. The molecule has 0 spiro atoms. The van der Waals surface area contributed by atoms with Crippen LogP contribution in [-0.2, 0) is 6.54 Å². The van der Waals surface area contributed by atoms with Gasteiger partial charge in [0.05, 0.1) is 0 Å². The van der Waals surface area contributed by atoms with Crippen molar-refractivity contribution in [3.05, 3.63) is 95.3 Å². The zero-order valence-corrected chi connectivity index (χ0v) is 16.1. The quantitative estimate of drug-likeness (QED) is 0.700. The van der Waals surface area contributed by atoms with Crippen LogP contribution in [0.5, 0.6) is 0 Å². The third kappa shape index (κ3) is 4.62. The number of hydrogen-bond donors (Lipinski definition) is 1. The van der Waals surface area contributed by atoms with Crippen LogP contribution in [0.2, 0.25) is 0 Å². The van der Waals surface area contributed by atoms with Gasteiger partial charge >= 0.3 is 0 Å². The summed E-state index contributed by atoms with van der Waals surface area (Å²) in [5.74, 6) is -0.535. The van der Waals surface area contributed by atoms with Gasteiger partial charge in [0.15, 0.2) is 0 Å². The van der Waals surface area contributed by atoms with E-state index in [9.17, 15) is 9.59 Å². The van der Waals surface area contributed by atoms with Gasteiger partial charge < -0.3 is 10.2 Å². The maximum atomic E-state index is 12.9. The van der Waals surface area contributed by atoms with E-state index in [1.54, 1.807) is 23.1 Å². The maximum absolute atomic E-state index is 12.9. The van der Waals surface area contributed by atoms with Crippen molar-refractivity contribution in [2.24, 2.45) is 0 Å². The molecular formula is C23H23N3O2. The van der Waals surface area contributed by atoms with Crippen LogP contribution in [0.1, 0.15) is 39.0 Å². The standard InChI is InChI=1S/C23H23N3O2/c1-3-26(16-18-11-5-4-6-12-18)23(28)21-15-9-14-20(24-21)22(27)25-19-13-8-7-10-17(19)2/h4-15H,3,16H2,1-2H3,(H,25,27). The smallest absolute Gasteiger partial charge is 0.274 e. The molecule has 3 aromatic rings. The molecule has 0 radical (unpaired) electrons. The number of benzene rings is 2. The van der Waals surface area contributed by atoms with Crippen LogP contribution in [0.3, 0.4) is 0 Å². The molecule has 0 unspecified atom stereocenters. The molecule has 0 saturated heterocycles. The highest BCUT2D eigenvalue weighted by molar-refractivity contribution is 6.04. The number of nitrogens with one attached hydrogen (secondary N) is 1. The number of aryl methyl sites for hydroxylation is 1. The number of carbonyl (C=O) groups is 2. The summed E-state index contributed by atoms with van der Waals surface area (Å²) >= 11 is 0. The molecule has 28 heavy (non-hydrogen) atoms. The van der Waals surface area contributed by atoms with E-state index in [1.807, 2.05) is 68.4 Å². The predicted molar refractivity (Wildman–Crippen MR) is 110 cm³/mol. The summed E-state index contributed by atoms with van der Waals surface area (Å²) < 4.78 is 0. The fourth-order valence-corrected chi connectivity index (χ4v) is 2.87. The van der Waals surface area contributed by atoms with Crippen molar-refractivity contribution in [1.29, 1.82) is 0 Å². The Hall–Kier alpha value is -3.47. The number of nitrogens with zero attached hydrogens (tertiary/aromatic N) is 2. The van der Waals surface area contributed by atoms with Crippen LogP contribution in [0, 0.1) is 6.92 Å². The number of carbonyl (C=O) groups excluding carboxylic acids is 2. The molecule has 1 aromatic heterocycles. The number of pyridine rings is 1. The van der Waals surface area contributed by atoms with Gasteiger partial charge in [0.25, 0.3) is 11.8 Å². The summed E-state index contributed by atoms with van der Waals surface area (Å²) in [4.78, 5) is 31.5. The lowest BCUT2D eigenvalue weighted by molar-refractivity contribution is 0.0746. The average Bonchev–Trinajstić information content (AvgIpc) is 2.74. The second-order valence-corrected chi connectivity index (χ2v) is 6.48. The Morgan fingerprint density at radius 2 is 1.57 bits per heavy atom. The van der Waals surface area contributed by atoms with E-state index >= 15 is 0 Å². The normalized spacial score (nSPS) is 10.4. The molecule has 142 valence electrons. The van der Waals surface area contributed by atoms with Crippen LogP contribution >= 0.6 is 0 Å². The predicted octanol–water partition coefficient (Wildman–Crippen LogP) is 4.30. The van der Waals surface area contributed by atoms with Gasteiger partial charge in [0.1, 0.15) is 11.4 Å². The van der Waals surface area contributed by atoms with E-state index in [0.717, 1.165) is 16.8 Å². The molecule has 3 rings (SSSR count). The number of amides is 2. The molecule has 0 aliphatic carbocycles. The summed E-state index contributed by atoms with van der Waals surface area (Å²) in [6, 6.07) is 22.3. The first-order valence-corrected chi connectivity index (χ1v) is 9.25. The van der Waals surface area contributed by atoms with Crippen molar-refractivity contribution in [3.8, 4) is 0 Å². The Labute approximate surface area is 165 Å². The Bertz CT molecular complexity index is 970. The number of para-hydroxylation sites is 1. The lowest BCUT2D eigenvalue weighted by Crippen LogP contribution is -2.31. The minimum Gasteiger partial charge on any atom is -0.333 e. The van der Waals surface area contributed by atoms with Gasteiger partial charge in [-0.2, -0.15) is 0 Å². The number of hydrogen-bond acceptors (Lipinski definition) is 3.